The third-order valence-corrected chi connectivity index (χ3v) is 14.4. The number of aromatic nitrogens is 3. The van der Waals surface area contributed by atoms with Gasteiger partial charge in [0.1, 0.15) is 5.58 Å². The van der Waals surface area contributed by atoms with Gasteiger partial charge in [-0.2, -0.15) is 0 Å². The van der Waals surface area contributed by atoms with Crippen LogP contribution in [0.5, 0.6) is 0 Å². The molecule has 0 amide bonds. The van der Waals surface area contributed by atoms with Crippen molar-refractivity contribution in [1.82, 2.24) is 15.0 Å². The van der Waals surface area contributed by atoms with Crippen LogP contribution in [0.3, 0.4) is 0 Å². The molecule has 5 heteroatoms. The number of furan rings is 1. The Bertz CT molecular complexity index is 3760. The zero-order chi connectivity index (χ0) is 56.2. The van der Waals surface area contributed by atoms with Crippen molar-refractivity contribution in [2.24, 2.45) is 0 Å². The van der Waals surface area contributed by atoms with Crippen LogP contribution >= 0.6 is 0 Å². The fourth-order valence-electron chi connectivity index (χ4n) is 10.5. The van der Waals surface area contributed by atoms with Crippen molar-refractivity contribution in [2.45, 2.75) is 109 Å². The van der Waals surface area contributed by atoms with Gasteiger partial charge < -0.3 is 19.4 Å². The number of nitrogens with zero attached hydrogens (tertiary/aromatic N) is 3. The average Bonchev–Trinajstić information content (AvgIpc) is 4.13. The van der Waals surface area contributed by atoms with Crippen LogP contribution in [0.15, 0.2) is 175 Å². The molecule has 0 spiro atoms. The summed E-state index contributed by atoms with van der Waals surface area (Å²) in [7, 11) is 0. The second-order valence-corrected chi connectivity index (χ2v) is 20.5. The maximum atomic E-state index is 10.1. The van der Waals surface area contributed by atoms with Gasteiger partial charge in [0.25, 0.3) is 0 Å². The first-order chi connectivity index (χ1) is 38.1. The number of benzene rings is 6. The largest absolute Gasteiger partial charge is 3.00 e. The number of para-hydroxylation sites is 1. The second-order valence-electron chi connectivity index (χ2n) is 20.5. The van der Waals surface area contributed by atoms with Gasteiger partial charge in [-0.05, 0) is 135 Å². The maximum Gasteiger partial charge on any atom is 3.00 e. The van der Waals surface area contributed by atoms with Crippen LogP contribution in [-0.4, -0.2) is 15.0 Å². The number of fused-ring (bicyclic) bond motifs is 3. The minimum absolute atomic E-state index is 0. The van der Waals surface area contributed by atoms with E-state index in [4.69, 9.17) is 23.5 Å². The van der Waals surface area contributed by atoms with Crippen LogP contribution < -0.4 is 0 Å². The smallest absolute Gasteiger partial charge is 0.500 e. The standard InChI is InChI=1S/C68H62N3O.Ir/c1-46-19-15-16-26-56(46)61-40-64(60-30-18-29-59-58-28-17-27-57(65(58)72-66(59)60)50-20-9-6-10-21-50)69-43-53(61)32-31-47-37-48(41-67(2,3)54-33-35-62(70-44-54)51-22-11-7-12-23-51)39-49(38-47)42-68(4,5)55-34-36-63(71-45-55)52-24-13-8-14-25-52;/h7-8,11-19,22,24,26-29,33-40,43-45,50H,6,9-10,20-21,31-32,41-42H2,1-5H3;/q-3;+3/i1D3,31D2,32D2,50D;. The minimum Gasteiger partial charge on any atom is -0.500 e. The summed E-state index contributed by atoms with van der Waals surface area (Å²) < 4.78 is 82.9. The van der Waals surface area contributed by atoms with Crippen LogP contribution in [0, 0.1) is 25.1 Å². The summed E-state index contributed by atoms with van der Waals surface area (Å²) in [5.74, 6) is -0.796. The van der Waals surface area contributed by atoms with E-state index < -0.39 is 36.3 Å². The molecule has 4 aromatic heterocycles. The van der Waals surface area contributed by atoms with E-state index in [0.29, 0.717) is 35.3 Å². The Kier molecular flexibility index (Phi) is 11.9. The van der Waals surface area contributed by atoms with Crippen molar-refractivity contribution in [3.8, 4) is 44.9 Å². The zero-order valence-electron chi connectivity index (χ0n) is 49.7. The summed E-state index contributed by atoms with van der Waals surface area (Å²) in [6.07, 6.45) is 5.01. The first-order valence-corrected chi connectivity index (χ1v) is 25.1. The predicted molar refractivity (Wildman–Crippen MR) is 296 cm³/mol. The van der Waals surface area contributed by atoms with Gasteiger partial charge in [-0.3, -0.25) is 0 Å². The van der Waals surface area contributed by atoms with E-state index in [9.17, 15) is 6.85 Å². The molecule has 364 valence electrons. The summed E-state index contributed by atoms with van der Waals surface area (Å²) in [5, 5.41) is 1.66. The molecule has 0 unspecified atom stereocenters. The molecule has 1 saturated carbocycles. The van der Waals surface area contributed by atoms with Crippen molar-refractivity contribution >= 4 is 21.9 Å². The Hall–Kier alpha value is -6.78. The van der Waals surface area contributed by atoms with Gasteiger partial charge in [-0.25, -0.2) is 0 Å². The molecule has 10 aromatic rings. The third-order valence-electron chi connectivity index (χ3n) is 14.4. The molecular formula is C68H62IrN3O. The Balaban J connectivity index is 0.00000736. The number of rotatable bonds is 14. The molecular weight excluding hydrogens is 1070 g/mol. The molecule has 0 radical (unpaired) electrons. The Morgan fingerprint density at radius 2 is 1.19 bits per heavy atom. The van der Waals surface area contributed by atoms with Gasteiger partial charge in [0.05, 0.1) is 5.58 Å². The summed E-state index contributed by atoms with van der Waals surface area (Å²) in [5.41, 5.74) is 9.15. The van der Waals surface area contributed by atoms with E-state index in [1.165, 1.54) is 12.3 Å². The van der Waals surface area contributed by atoms with Crippen LogP contribution in [-0.2, 0) is 56.5 Å². The van der Waals surface area contributed by atoms with Crippen molar-refractivity contribution in [2.75, 3.05) is 0 Å². The van der Waals surface area contributed by atoms with Crippen molar-refractivity contribution in [3.05, 3.63) is 233 Å². The fraction of sp³-hybridized carbons (Fsp3) is 0.250. The summed E-state index contributed by atoms with van der Waals surface area (Å²) >= 11 is 0. The third kappa shape index (κ3) is 10.7. The predicted octanol–water partition coefficient (Wildman–Crippen LogP) is 17.0. The van der Waals surface area contributed by atoms with Crippen LogP contribution in [0.4, 0.5) is 0 Å². The normalized spacial score (nSPS) is 15.9. The molecule has 11 rings (SSSR count). The Morgan fingerprint density at radius 3 is 1.81 bits per heavy atom. The summed E-state index contributed by atoms with van der Waals surface area (Å²) in [6.45, 7) is 5.92. The van der Waals surface area contributed by atoms with E-state index in [-0.39, 0.29) is 47.9 Å². The van der Waals surface area contributed by atoms with Gasteiger partial charge in [0, 0.05) is 34.9 Å². The number of hydrogen-bond donors (Lipinski definition) is 0. The van der Waals surface area contributed by atoms with E-state index in [2.05, 4.69) is 64.1 Å². The van der Waals surface area contributed by atoms with Gasteiger partial charge in [-0.1, -0.05) is 149 Å². The van der Waals surface area contributed by atoms with Crippen LogP contribution in [0.25, 0.3) is 66.8 Å². The first kappa shape index (κ1) is 40.7. The number of pyridine rings is 3. The topological polar surface area (TPSA) is 51.8 Å². The molecule has 6 aromatic carbocycles. The number of aryl methyl sites for hydroxylation is 3. The molecule has 0 saturated heterocycles. The van der Waals surface area contributed by atoms with E-state index in [1.54, 1.807) is 42.5 Å². The van der Waals surface area contributed by atoms with Gasteiger partial charge >= 0.3 is 20.1 Å². The SMILES string of the molecule is [2H]C([2H])([2H])c1ccccc1-c1cc(-c2[c-]ccc3c2oc2c(C4([2H])CCCCC4)cccc23)ncc1C([2H])([2H])C([2H])([2H])c1cc(CC(C)(C)c2ccc(-c3[c-]cccc3)nc2)cc(CC(C)(C)c2ccc(-c3[c-]cccc3)nc2)c1.[Ir+3]. The van der Waals surface area contributed by atoms with Crippen molar-refractivity contribution in [3.63, 3.8) is 0 Å². The van der Waals surface area contributed by atoms with Crippen molar-refractivity contribution in [1.29, 1.82) is 0 Å². The molecule has 4 heterocycles. The molecule has 0 atom stereocenters. The van der Waals surface area contributed by atoms with Crippen LogP contribution in [0.2, 0.25) is 0 Å². The van der Waals surface area contributed by atoms with E-state index in [0.717, 1.165) is 93.2 Å². The molecule has 1 aliphatic rings. The first-order valence-electron chi connectivity index (χ1n) is 29.1. The van der Waals surface area contributed by atoms with Crippen LogP contribution in [0.1, 0.15) is 121 Å². The molecule has 4 nitrogen and oxygen atoms in total. The van der Waals surface area contributed by atoms with E-state index in [1.807, 2.05) is 97.3 Å². The molecule has 0 N–H and O–H groups in total. The van der Waals surface area contributed by atoms with Crippen molar-refractivity contribution < 1.29 is 35.5 Å². The summed E-state index contributed by atoms with van der Waals surface area (Å²) in [4.78, 5) is 14.6. The Labute approximate surface area is 457 Å². The Morgan fingerprint density at radius 1 is 0.575 bits per heavy atom. The van der Waals surface area contributed by atoms with E-state index >= 15 is 0 Å². The van der Waals surface area contributed by atoms with Gasteiger partial charge in [0.15, 0.2) is 0 Å². The molecule has 0 bridgehead atoms. The fourth-order valence-corrected chi connectivity index (χ4v) is 10.5. The zero-order valence-corrected chi connectivity index (χ0v) is 44.1. The average molecular weight is 1140 g/mol. The molecule has 0 aliphatic heterocycles. The monoisotopic (exact) mass is 1140 g/mol. The number of hydrogen-bond acceptors (Lipinski definition) is 4. The molecule has 1 aliphatic carbocycles. The van der Waals surface area contributed by atoms with Gasteiger partial charge in [-0.15, -0.1) is 90.0 Å². The summed E-state index contributed by atoms with van der Waals surface area (Å²) in [6, 6.07) is 56.9. The second kappa shape index (κ2) is 21.4. The minimum atomic E-state index is -2.81. The van der Waals surface area contributed by atoms with Gasteiger partial charge in [0.2, 0.25) is 0 Å². The molecule has 73 heavy (non-hydrogen) atoms. The maximum absolute atomic E-state index is 10.1. The molecule has 1 fully saturated rings. The quantitative estimate of drug-likeness (QED) is 0.102.